The SMILES string of the molecule is O=C(CCC1CCCCC1)N1CCC[C@@H]1CO. The van der Waals surface area contributed by atoms with Crippen LogP contribution < -0.4 is 0 Å². The van der Waals surface area contributed by atoms with Crippen LogP contribution in [0.15, 0.2) is 0 Å². The molecule has 1 N–H and O–H groups in total. The predicted molar refractivity (Wildman–Crippen MR) is 67.6 cm³/mol. The molecule has 0 aromatic heterocycles. The smallest absolute Gasteiger partial charge is 0.222 e. The first-order chi connectivity index (χ1) is 8.31. The Balaban J connectivity index is 1.72. The van der Waals surface area contributed by atoms with E-state index in [1.165, 1.54) is 32.1 Å². The number of nitrogens with zero attached hydrogens (tertiary/aromatic N) is 1. The van der Waals surface area contributed by atoms with Gasteiger partial charge in [0.25, 0.3) is 0 Å². The minimum absolute atomic E-state index is 0.105. The van der Waals surface area contributed by atoms with Crippen LogP contribution in [0.4, 0.5) is 0 Å². The Bertz CT molecular complexity index is 249. The van der Waals surface area contributed by atoms with Crippen molar-refractivity contribution in [3.63, 3.8) is 0 Å². The molecule has 0 aromatic carbocycles. The lowest BCUT2D eigenvalue weighted by Crippen LogP contribution is -2.37. The number of aliphatic hydroxyl groups is 1. The molecule has 1 atom stereocenters. The summed E-state index contributed by atoms with van der Waals surface area (Å²) in [5, 5.41) is 9.21. The summed E-state index contributed by atoms with van der Waals surface area (Å²) >= 11 is 0. The highest BCUT2D eigenvalue weighted by Gasteiger charge is 2.28. The van der Waals surface area contributed by atoms with E-state index in [0.29, 0.717) is 6.42 Å². The van der Waals surface area contributed by atoms with Gasteiger partial charge in [-0.05, 0) is 25.2 Å². The Morgan fingerprint density at radius 1 is 1.12 bits per heavy atom. The fourth-order valence-electron chi connectivity index (χ4n) is 3.30. The molecule has 2 aliphatic rings. The maximum atomic E-state index is 12.1. The van der Waals surface area contributed by atoms with Gasteiger partial charge in [0, 0.05) is 13.0 Å². The lowest BCUT2D eigenvalue weighted by atomic mass is 9.86. The van der Waals surface area contributed by atoms with Crippen molar-refractivity contribution in [2.45, 2.75) is 63.8 Å². The van der Waals surface area contributed by atoms with Crippen molar-refractivity contribution in [3.8, 4) is 0 Å². The van der Waals surface area contributed by atoms with E-state index in [-0.39, 0.29) is 18.6 Å². The van der Waals surface area contributed by atoms with Crippen LogP contribution >= 0.6 is 0 Å². The van der Waals surface area contributed by atoms with Crippen molar-refractivity contribution < 1.29 is 9.90 Å². The summed E-state index contributed by atoms with van der Waals surface area (Å²) in [6.45, 7) is 0.990. The van der Waals surface area contributed by atoms with Gasteiger partial charge < -0.3 is 10.0 Å². The fourth-order valence-corrected chi connectivity index (χ4v) is 3.30. The highest BCUT2D eigenvalue weighted by atomic mass is 16.3. The molecular formula is C14H25NO2. The van der Waals surface area contributed by atoms with E-state index in [1.807, 2.05) is 4.90 Å². The van der Waals surface area contributed by atoms with Gasteiger partial charge in [0.1, 0.15) is 0 Å². The maximum absolute atomic E-state index is 12.1. The van der Waals surface area contributed by atoms with Crippen molar-refractivity contribution in [3.05, 3.63) is 0 Å². The van der Waals surface area contributed by atoms with Crippen molar-refractivity contribution >= 4 is 5.91 Å². The Kier molecular flexibility index (Phi) is 4.84. The van der Waals surface area contributed by atoms with Crippen LogP contribution in [0.1, 0.15) is 57.8 Å². The minimum Gasteiger partial charge on any atom is -0.394 e. The summed E-state index contributed by atoms with van der Waals surface area (Å²) in [6.07, 6.45) is 10.5. The second-order valence-corrected chi connectivity index (χ2v) is 5.61. The van der Waals surface area contributed by atoms with E-state index in [1.54, 1.807) is 0 Å². The zero-order valence-corrected chi connectivity index (χ0v) is 10.7. The van der Waals surface area contributed by atoms with Gasteiger partial charge in [-0.2, -0.15) is 0 Å². The molecule has 0 unspecified atom stereocenters. The average Bonchev–Trinajstić information content (AvgIpc) is 2.85. The molecule has 0 bridgehead atoms. The second-order valence-electron chi connectivity index (χ2n) is 5.61. The van der Waals surface area contributed by atoms with Crippen LogP contribution in [0.5, 0.6) is 0 Å². The van der Waals surface area contributed by atoms with E-state index >= 15 is 0 Å². The fraction of sp³-hybridized carbons (Fsp3) is 0.929. The number of likely N-dealkylation sites (tertiary alicyclic amines) is 1. The largest absolute Gasteiger partial charge is 0.394 e. The topological polar surface area (TPSA) is 40.5 Å². The number of rotatable bonds is 4. The van der Waals surface area contributed by atoms with E-state index in [0.717, 1.165) is 31.7 Å². The quantitative estimate of drug-likeness (QED) is 0.818. The zero-order valence-electron chi connectivity index (χ0n) is 10.7. The van der Waals surface area contributed by atoms with E-state index in [4.69, 9.17) is 0 Å². The third kappa shape index (κ3) is 3.44. The van der Waals surface area contributed by atoms with Crippen LogP contribution in [0.2, 0.25) is 0 Å². The summed E-state index contributed by atoms with van der Waals surface area (Å²) in [6, 6.07) is 0.105. The Morgan fingerprint density at radius 2 is 1.88 bits per heavy atom. The van der Waals surface area contributed by atoms with E-state index in [9.17, 15) is 9.90 Å². The molecule has 0 radical (unpaired) electrons. The van der Waals surface area contributed by atoms with E-state index < -0.39 is 0 Å². The van der Waals surface area contributed by atoms with Crippen molar-refractivity contribution in [2.24, 2.45) is 5.92 Å². The minimum atomic E-state index is 0.105. The second kappa shape index (κ2) is 6.39. The third-order valence-corrected chi connectivity index (χ3v) is 4.40. The number of aliphatic hydroxyl groups excluding tert-OH is 1. The number of carbonyl (C=O) groups excluding carboxylic acids is 1. The summed E-state index contributed by atoms with van der Waals surface area (Å²) < 4.78 is 0. The molecule has 2 fully saturated rings. The standard InChI is InChI=1S/C14H25NO2/c16-11-13-7-4-10-15(13)14(17)9-8-12-5-2-1-3-6-12/h12-13,16H,1-11H2/t13-/m1/s1. The molecule has 1 aliphatic heterocycles. The summed E-state index contributed by atoms with van der Waals surface area (Å²) in [7, 11) is 0. The van der Waals surface area contributed by atoms with Crippen molar-refractivity contribution in [1.82, 2.24) is 4.90 Å². The molecule has 2 rings (SSSR count). The number of amides is 1. The van der Waals surface area contributed by atoms with Gasteiger partial charge in [-0.1, -0.05) is 32.1 Å². The monoisotopic (exact) mass is 239 g/mol. The molecule has 1 amide bonds. The first-order valence-corrected chi connectivity index (χ1v) is 7.21. The van der Waals surface area contributed by atoms with Gasteiger partial charge in [0.2, 0.25) is 5.91 Å². The van der Waals surface area contributed by atoms with Gasteiger partial charge in [-0.25, -0.2) is 0 Å². The summed E-state index contributed by atoms with van der Waals surface area (Å²) in [5.41, 5.74) is 0. The van der Waals surface area contributed by atoms with Crippen LogP contribution in [0.3, 0.4) is 0 Å². The average molecular weight is 239 g/mol. The zero-order chi connectivity index (χ0) is 12.1. The normalized spacial score (nSPS) is 26.4. The Hall–Kier alpha value is -0.570. The maximum Gasteiger partial charge on any atom is 0.222 e. The van der Waals surface area contributed by atoms with Gasteiger partial charge in [-0.3, -0.25) is 4.79 Å². The van der Waals surface area contributed by atoms with Gasteiger partial charge in [-0.15, -0.1) is 0 Å². The van der Waals surface area contributed by atoms with Gasteiger partial charge in [0.05, 0.1) is 12.6 Å². The highest BCUT2D eigenvalue weighted by Crippen LogP contribution is 2.28. The highest BCUT2D eigenvalue weighted by molar-refractivity contribution is 5.76. The summed E-state index contributed by atoms with van der Waals surface area (Å²) in [5.74, 6) is 1.05. The van der Waals surface area contributed by atoms with Gasteiger partial charge >= 0.3 is 0 Å². The molecule has 1 saturated heterocycles. The molecule has 17 heavy (non-hydrogen) atoms. The molecule has 3 nitrogen and oxygen atoms in total. The van der Waals surface area contributed by atoms with Crippen LogP contribution in [-0.4, -0.2) is 35.1 Å². The van der Waals surface area contributed by atoms with Crippen LogP contribution in [0.25, 0.3) is 0 Å². The molecule has 1 saturated carbocycles. The van der Waals surface area contributed by atoms with Crippen LogP contribution in [-0.2, 0) is 4.79 Å². The van der Waals surface area contributed by atoms with E-state index in [2.05, 4.69) is 0 Å². The Labute approximate surface area is 104 Å². The van der Waals surface area contributed by atoms with Gasteiger partial charge in [0.15, 0.2) is 0 Å². The molecule has 1 heterocycles. The first-order valence-electron chi connectivity index (χ1n) is 7.21. The van der Waals surface area contributed by atoms with Crippen LogP contribution in [0, 0.1) is 5.92 Å². The molecule has 3 heteroatoms. The molecule has 1 aliphatic carbocycles. The first kappa shape index (κ1) is 12.9. The molecule has 98 valence electrons. The lowest BCUT2D eigenvalue weighted by molar-refractivity contribution is -0.133. The third-order valence-electron chi connectivity index (χ3n) is 4.40. The summed E-state index contributed by atoms with van der Waals surface area (Å²) in [4.78, 5) is 14.0. The Morgan fingerprint density at radius 3 is 2.59 bits per heavy atom. The lowest BCUT2D eigenvalue weighted by Gasteiger charge is -2.25. The number of hydrogen-bond acceptors (Lipinski definition) is 2. The predicted octanol–water partition coefficient (Wildman–Crippen LogP) is 2.33. The molecule has 0 spiro atoms. The number of hydrogen-bond donors (Lipinski definition) is 1. The van der Waals surface area contributed by atoms with Crippen molar-refractivity contribution in [2.75, 3.05) is 13.2 Å². The van der Waals surface area contributed by atoms with Crippen molar-refractivity contribution in [1.29, 1.82) is 0 Å². The molecular weight excluding hydrogens is 214 g/mol. The number of carbonyl (C=O) groups is 1. The molecule has 0 aromatic rings.